The Labute approximate surface area is 109 Å². The molecule has 2 unspecified atom stereocenters. The highest BCUT2D eigenvalue weighted by Gasteiger charge is 2.32. The van der Waals surface area contributed by atoms with Crippen molar-refractivity contribution >= 4 is 17.7 Å². The molecule has 0 radical (unpaired) electrons. The van der Waals surface area contributed by atoms with E-state index in [0.717, 1.165) is 5.25 Å². The summed E-state index contributed by atoms with van der Waals surface area (Å²) >= 11 is 1.99. The maximum Gasteiger partial charge on any atom is 0.325 e. The summed E-state index contributed by atoms with van der Waals surface area (Å²) in [6.07, 6.45) is 7.38. The van der Waals surface area contributed by atoms with Gasteiger partial charge in [0.05, 0.1) is 7.11 Å². The van der Waals surface area contributed by atoms with Crippen LogP contribution in [0.1, 0.15) is 52.4 Å². The van der Waals surface area contributed by atoms with Crippen LogP contribution in [0.3, 0.4) is 0 Å². The summed E-state index contributed by atoms with van der Waals surface area (Å²) in [6.45, 7) is 3.92. The quantitative estimate of drug-likeness (QED) is 0.771. The van der Waals surface area contributed by atoms with Gasteiger partial charge in [0, 0.05) is 10.5 Å². The smallest absolute Gasteiger partial charge is 0.325 e. The van der Waals surface area contributed by atoms with Crippen molar-refractivity contribution in [2.24, 2.45) is 5.73 Å². The van der Waals surface area contributed by atoms with Crippen LogP contribution in [0, 0.1) is 0 Å². The minimum Gasteiger partial charge on any atom is -0.468 e. The normalized spacial score (nSPS) is 22.8. The zero-order chi connectivity index (χ0) is 12.9. The van der Waals surface area contributed by atoms with E-state index in [1.165, 1.54) is 39.2 Å². The molecule has 0 aromatic rings. The summed E-state index contributed by atoms with van der Waals surface area (Å²) in [5, 5.41) is 1.17. The molecule has 0 bridgehead atoms. The second-order valence-electron chi connectivity index (χ2n) is 5.32. The summed E-state index contributed by atoms with van der Waals surface area (Å²) in [4.78, 5) is 11.5. The van der Waals surface area contributed by atoms with Gasteiger partial charge in [-0.05, 0) is 26.2 Å². The average molecular weight is 259 g/mol. The molecule has 1 saturated carbocycles. The summed E-state index contributed by atoms with van der Waals surface area (Å²) in [5.41, 5.74) is 5.14. The van der Waals surface area contributed by atoms with Gasteiger partial charge in [0.15, 0.2) is 0 Å². The molecule has 1 rings (SSSR count). The molecular weight excluding hydrogens is 234 g/mol. The number of esters is 1. The van der Waals surface area contributed by atoms with E-state index in [1.807, 2.05) is 11.8 Å². The van der Waals surface area contributed by atoms with Gasteiger partial charge in [-0.1, -0.05) is 26.2 Å². The third-order valence-electron chi connectivity index (χ3n) is 3.34. The Bertz CT molecular complexity index is 250. The monoisotopic (exact) mass is 259 g/mol. The molecule has 4 heteroatoms. The summed E-state index contributed by atoms with van der Waals surface area (Å²) < 4.78 is 4.73. The van der Waals surface area contributed by atoms with Crippen LogP contribution in [0.4, 0.5) is 0 Å². The second-order valence-corrected chi connectivity index (χ2v) is 7.06. The SMILES string of the molecule is COC(=O)C(C)(N)CC(C)SC1CCCCC1. The third kappa shape index (κ3) is 4.88. The number of rotatable bonds is 5. The molecule has 0 aliphatic heterocycles. The highest BCUT2D eigenvalue weighted by molar-refractivity contribution is 8.00. The number of hydrogen-bond donors (Lipinski definition) is 1. The van der Waals surface area contributed by atoms with Gasteiger partial charge in [0.25, 0.3) is 0 Å². The number of carbonyl (C=O) groups excluding carboxylic acids is 1. The van der Waals surface area contributed by atoms with Gasteiger partial charge < -0.3 is 10.5 Å². The van der Waals surface area contributed by atoms with Crippen LogP contribution in [-0.2, 0) is 9.53 Å². The fourth-order valence-electron chi connectivity index (χ4n) is 2.49. The van der Waals surface area contributed by atoms with Crippen molar-refractivity contribution in [3.63, 3.8) is 0 Å². The lowest BCUT2D eigenvalue weighted by molar-refractivity contribution is -0.146. The van der Waals surface area contributed by atoms with Gasteiger partial charge in [-0.3, -0.25) is 4.79 Å². The first-order valence-corrected chi connectivity index (χ1v) is 7.43. The predicted octanol–water partition coefficient (Wildman–Crippen LogP) is 2.72. The van der Waals surface area contributed by atoms with E-state index in [0.29, 0.717) is 11.7 Å². The maximum atomic E-state index is 11.5. The number of thioether (sulfide) groups is 1. The van der Waals surface area contributed by atoms with Gasteiger partial charge in [0.2, 0.25) is 0 Å². The first-order valence-electron chi connectivity index (χ1n) is 6.48. The molecule has 0 aromatic carbocycles. The highest BCUT2D eigenvalue weighted by atomic mass is 32.2. The van der Waals surface area contributed by atoms with E-state index in [1.54, 1.807) is 6.92 Å². The van der Waals surface area contributed by atoms with Crippen molar-refractivity contribution in [1.29, 1.82) is 0 Å². The Morgan fingerprint density at radius 3 is 2.59 bits per heavy atom. The van der Waals surface area contributed by atoms with Crippen LogP contribution in [0.15, 0.2) is 0 Å². The number of methoxy groups -OCH3 is 1. The van der Waals surface area contributed by atoms with Crippen LogP contribution in [0.2, 0.25) is 0 Å². The minimum atomic E-state index is -0.851. The number of nitrogens with two attached hydrogens (primary N) is 1. The molecule has 0 heterocycles. The van der Waals surface area contributed by atoms with E-state index in [-0.39, 0.29) is 5.97 Å². The molecule has 0 amide bonds. The summed E-state index contributed by atoms with van der Waals surface area (Å²) in [6, 6.07) is 0. The molecule has 0 aromatic heterocycles. The van der Waals surface area contributed by atoms with Crippen LogP contribution in [0.5, 0.6) is 0 Å². The van der Waals surface area contributed by atoms with Gasteiger partial charge in [-0.15, -0.1) is 0 Å². The lowest BCUT2D eigenvalue weighted by Gasteiger charge is -2.28. The molecular formula is C13H25NO2S. The fourth-order valence-corrected chi connectivity index (χ4v) is 4.20. The van der Waals surface area contributed by atoms with Gasteiger partial charge >= 0.3 is 5.97 Å². The van der Waals surface area contributed by atoms with Crippen LogP contribution >= 0.6 is 11.8 Å². The number of carbonyl (C=O) groups is 1. The lowest BCUT2D eigenvalue weighted by Crippen LogP contribution is -2.47. The van der Waals surface area contributed by atoms with E-state index in [2.05, 4.69) is 6.92 Å². The van der Waals surface area contributed by atoms with E-state index < -0.39 is 5.54 Å². The van der Waals surface area contributed by atoms with Crippen molar-refractivity contribution < 1.29 is 9.53 Å². The number of hydrogen-bond acceptors (Lipinski definition) is 4. The van der Waals surface area contributed by atoms with Gasteiger partial charge in [-0.2, -0.15) is 11.8 Å². The minimum absolute atomic E-state index is 0.311. The van der Waals surface area contributed by atoms with E-state index >= 15 is 0 Å². The molecule has 0 spiro atoms. The molecule has 1 fully saturated rings. The first kappa shape index (κ1) is 14.8. The third-order valence-corrected chi connectivity index (χ3v) is 4.83. The van der Waals surface area contributed by atoms with Crippen molar-refractivity contribution in [2.45, 2.75) is 68.4 Å². The average Bonchev–Trinajstić information content (AvgIpc) is 2.28. The zero-order valence-corrected chi connectivity index (χ0v) is 12.0. The molecule has 1 aliphatic rings. The molecule has 2 N–H and O–H groups in total. The molecule has 2 atom stereocenters. The van der Waals surface area contributed by atoms with Crippen LogP contribution in [0.25, 0.3) is 0 Å². The molecule has 100 valence electrons. The van der Waals surface area contributed by atoms with E-state index in [4.69, 9.17) is 10.5 Å². The standard InChI is InChI=1S/C13H25NO2S/c1-10(9-13(2,14)12(15)16-3)17-11-7-5-4-6-8-11/h10-11H,4-9,14H2,1-3H3. The van der Waals surface area contributed by atoms with Crippen molar-refractivity contribution in [3.8, 4) is 0 Å². The molecule has 17 heavy (non-hydrogen) atoms. The predicted molar refractivity (Wildman–Crippen MR) is 73.2 cm³/mol. The Morgan fingerprint density at radius 2 is 2.06 bits per heavy atom. The fraction of sp³-hybridized carbons (Fsp3) is 0.923. The Hall–Kier alpha value is -0.220. The van der Waals surface area contributed by atoms with Crippen molar-refractivity contribution in [1.82, 2.24) is 0 Å². The lowest BCUT2D eigenvalue weighted by atomic mass is 9.98. The van der Waals surface area contributed by atoms with Crippen LogP contribution in [-0.4, -0.2) is 29.1 Å². The molecule has 0 saturated heterocycles. The second kappa shape index (κ2) is 6.64. The zero-order valence-electron chi connectivity index (χ0n) is 11.2. The first-order chi connectivity index (χ1) is 7.95. The van der Waals surface area contributed by atoms with Crippen LogP contribution < -0.4 is 5.73 Å². The van der Waals surface area contributed by atoms with E-state index in [9.17, 15) is 4.79 Å². The number of ether oxygens (including phenoxy) is 1. The Morgan fingerprint density at radius 1 is 1.47 bits per heavy atom. The molecule has 1 aliphatic carbocycles. The summed E-state index contributed by atoms with van der Waals surface area (Å²) in [7, 11) is 1.40. The highest BCUT2D eigenvalue weighted by Crippen LogP contribution is 2.33. The largest absolute Gasteiger partial charge is 0.468 e. The Kier molecular flexibility index (Phi) is 5.80. The Balaban J connectivity index is 2.37. The van der Waals surface area contributed by atoms with Crippen molar-refractivity contribution in [2.75, 3.05) is 7.11 Å². The van der Waals surface area contributed by atoms with Gasteiger partial charge in [-0.25, -0.2) is 0 Å². The summed E-state index contributed by atoms with van der Waals surface area (Å²) in [5.74, 6) is -0.311. The van der Waals surface area contributed by atoms with Gasteiger partial charge in [0.1, 0.15) is 5.54 Å². The molecule has 3 nitrogen and oxygen atoms in total. The van der Waals surface area contributed by atoms with Crippen molar-refractivity contribution in [3.05, 3.63) is 0 Å². The topological polar surface area (TPSA) is 52.3 Å². The maximum absolute atomic E-state index is 11.5.